The molecule has 7 nitrogen and oxygen atoms in total. The normalized spacial score (nSPS) is 11.7. The van der Waals surface area contributed by atoms with Crippen LogP contribution in [0.4, 0.5) is 0 Å². The summed E-state index contributed by atoms with van der Waals surface area (Å²) in [5.74, 6) is 0.278. The first-order valence-electron chi connectivity index (χ1n) is 17.9. The molecule has 1 atom stereocenters. The van der Waals surface area contributed by atoms with Crippen LogP contribution in [0.25, 0.3) is 22.5 Å². The SMILES string of the molecule is CC.CCCCCCCCCCOc1ccc(-c2cnc(-c3ccc(CC(CC(=O)O)NC(=O)c4ccc(C(C)(C)C)s4)cc3)nc2)cc1. The Hall–Kier alpha value is -4.04. The van der Waals surface area contributed by atoms with Crippen LogP contribution < -0.4 is 10.1 Å². The summed E-state index contributed by atoms with van der Waals surface area (Å²) in [6, 6.07) is 19.0. The first-order chi connectivity index (χ1) is 23.6. The highest BCUT2D eigenvalue weighted by molar-refractivity contribution is 7.14. The van der Waals surface area contributed by atoms with Gasteiger partial charge in [-0.15, -0.1) is 11.3 Å². The summed E-state index contributed by atoms with van der Waals surface area (Å²) in [5, 5.41) is 12.4. The third kappa shape index (κ3) is 13.4. The molecule has 0 bridgehead atoms. The van der Waals surface area contributed by atoms with Crippen LogP contribution in [0.15, 0.2) is 73.1 Å². The fraction of sp³-hybridized carbons (Fsp3) is 0.463. The van der Waals surface area contributed by atoms with Crippen molar-refractivity contribution in [3.05, 3.63) is 88.4 Å². The van der Waals surface area contributed by atoms with E-state index in [4.69, 9.17) is 4.74 Å². The number of nitrogens with one attached hydrogen (secondary N) is 1. The van der Waals surface area contributed by atoms with Crippen molar-refractivity contribution in [3.63, 3.8) is 0 Å². The number of aromatic nitrogens is 2. The maximum atomic E-state index is 12.9. The van der Waals surface area contributed by atoms with Gasteiger partial charge in [-0.05, 0) is 53.6 Å². The first kappa shape index (κ1) is 39.4. The highest BCUT2D eigenvalue weighted by Crippen LogP contribution is 2.30. The van der Waals surface area contributed by atoms with Crippen molar-refractivity contribution in [2.24, 2.45) is 0 Å². The van der Waals surface area contributed by atoms with Crippen molar-refractivity contribution < 1.29 is 19.4 Å². The van der Waals surface area contributed by atoms with E-state index in [2.05, 4.69) is 43.0 Å². The first-order valence-corrected chi connectivity index (χ1v) is 18.7. The highest BCUT2D eigenvalue weighted by Gasteiger charge is 2.22. The Kier molecular flexibility index (Phi) is 16.5. The number of hydrogen-bond acceptors (Lipinski definition) is 6. The second-order valence-corrected chi connectivity index (χ2v) is 14.3. The number of rotatable bonds is 18. The van der Waals surface area contributed by atoms with Gasteiger partial charge in [-0.2, -0.15) is 0 Å². The van der Waals surface area contributed by atoms with Gasteiger partial charge in [0.15, 0.2) is 5.82 Å². The number of carbonyl (C=O) groups excluding carboxylic acids is 1. The molecule has 1 unspecified atom stereocenters. The number of thiophene rings is 1. The van der Waals surface area contributed by atoms with Gasteiger partial charge in [-0.25, -0.2) is 9.97 Å². The monoisotopic (exact) mass is 685 g/mol. The van der Waals surface area contributed by atoms with Gasteiger partial charge in [0.05, 0.1) is 17.9 Å². The smallest absolute Gasteiger partial charge is 0.305 e. The molecule has 2 N–H and O–H groups in total. The Labute approximate surface area is 297 Å². The second kappa shape index (κ2) is 20.5. The third-order valence-corrected chi connectivity index (χ3v) is 9.64. The minimum atomic E-state index is -0.956. The molecule has 8 heteroatoms. The number of carboxylic acid groups (broad SMARTS) is 1. The molecule has 49 heavy (non-hydrogen) atoms. The molecular formula is C41H55N3O4S. The predicted molar refractivity (Wildman–Crippen MR) is 203 cm³/mol. The van der Waals surface area contributed by atoms with Gasteiger partial charge in [-0.1, -0.05) is 123 Å². The van der Waals surface area contributed by atoms with E-state index >= 15 is 0 Å². The van der Waals surface area contributed by atoms with E-state index in [0.717, 1.165) is 45.9 Å². The van der Waals surface area contributed by atoms with Crippen LogP contribution in [0, 0.1) is 0 Å². The minimum Gasteiger partial charge on any atom is -0.494 e. The lowest BCUT2D eigenvalue weighted by atomic mass is 9.95. The zero-order valence-corrected chi connectivity index (χ0v) is 31.1. The minimum absolute atomic E-state index is 0.0531. The lowest BCUT2D eigenvalue weighted by molar-refractivity contribution is -0.137. The van der Waals surface area contributed by atoms with E-state index in [0.29, 0.717) is 17.1 Å². The zero-order chi connectivity index (χ0) is 35.6. The molecule has 0 spiro atoms. The number of aliphatic carboxylic acids is 1. The van der Waals surface area contributed by atoms with Crippen LogP contribution >= 0.6 is 11.3 Å². The molecule has 2 aromatic heterocycles. The van der Waals surface area contributed by atoms with E-state index in [-0.39, 0.29) is 17.7 Å². The van der Waals surface area contributed by atoms with Crippen molar-refractivity contribution in [3.8, 4) is 28.3 Å². The summed E-state index contributed by atoms with van der Waals surface area (Å²) >= 11 is 1.44. The predicted octanol–water partition coefficient (Wildman–Crippen LogP) is 10.5. The van der Waals surface area contributed by atoms with Crippen LogP contribution in [0.3, 0.4) is 0 Å². The fourth-order valence-corrected chi connectivity index (χ4v) is 6.34. The average Bonchev–Trinajstić information content (AvgIpc) is 3.61. The lowest BCUT2D eigenvalue weighted by Crippen LogP contribution is -2.37. The third-order valence-electron chi connectivity index (χ3n) is 8.13. The number of carbonyl (C=O) groups is 2. The number of hydrogen-bond donors (Lipinski definition) is 2. The molecule has 0 aliphatic rings. The molecule has 0 fully saturated rings. The maximum Gasteiger partial charge on any atom is 0.305 e. The van der Waals surface area contributed by atoms with Crippen LogP contribution in [-0.2, 0) is 16.6 Å². The summed E-state index contributed by atoms with van der Waals surface area (Å²) in [7, 11) is 0. The molecular weight excluding hydrogens is 631 g/mol. The number of nitrogens with zero attached hydrogens (tertiary/aromatic N) is 2. The van der Waals surface area contributed by atoms with Gasteiger partial charge in [0.1, 0.15) is 5.75 Å². The quantitative estimate of drug-likeness (QED) is 0.101. The molecule has 0 saturated heterocycles. The van der Waals surface area contributed by atoms with Crippen molar-refractivity contribution >= 4 is 23.2 Å². The van der Waals surface area contributed by atoms with E-state index in [1.54, 1.807) is 6.07 Å². The Balaban J connectivity index is 0.00000319. The number of carboxylic acids is 1. The van der Waals surface area contributed by atoms with Gasteiger partial charge in [0.2, 0.25) is 0 Å². The van der Waals surface area contributed by atoms with Crippen molar-refractivity contribution in [2.75, 3.05) is 6.61 Å². The molecule has 4 rings (SSSR count). The van der Waals surface area contributed by atoms with Gasteiger partial charge < -0.3 is 15.2 Å². The summed E-state index contributed by atoms with van der Waals surface area (Å²) < 4.78 is 5.94. The number of amides is 1. The van der Waals surface area contributed by atoms with Gasteiger partial charge >= 0.3 is 5.97 Å². The molecule has 1 amide bonds. The summed E-state index contributed by atoms with van der Waals surface area (Å²) in [5.41, 5.74) is 3.67. The van der Waals surface area contributed by atoms with Gasteiger partial charge in [-0.3, -0.25) is 9.59 Å². The maximum absolute atomic E-state index is 12.9. The zero-order valence-electron chi connectivity index (χ0n) is 30.3. The Morgan fingerprint density at radius 2 is 1.39 bits per heavy atom. The Morgan fingerprint density at radius 3 is 1.96 bits per heavy atom. The summed E-state index contributed by atoms with van der Waals surface area (Å²) in [6.45, 7) is 13.3. The van der Waals surface area contributed by atoms with Crippen molar-refractivity contribution in [1.82, 2.24) is 15.3 Å². The standard InChI is InChI=1S/C39H49N3O4S.C2H6/c1-5-6-7-8-9-10-11-12-23-46-33-19-17-29(18-20-33)31-26-40-37(41-27-31)30-15-13-28(14-16-30)24-32(25-36(43)44)42-38(45)34-21-22-35(47-34)39(2,3)4;1-2/h13-22,26-27,32H,5-12,23-25H2,1-4H3,(H,42,45)(H,43,44);1-2H3. The van der Waals surface area contributed by atoms with Crippen LogP contribution in [0.1, 0.15) is 119 Å². The molecule has 0 aliphatic carbocycles. The number of ether oxygens (including phenoxy) is 1. The summed E-state index contributed by atoms with van der Waals surface area (Å²) in [4.78, 5) is 35.4. The Morgan fingerprint density at radius 1 is 0.796 bits per heavy atom. The highest BCUT2D eigenvalue weighted by atomic mass is 32.1. The van der Waals surface area contributed by atoms with Crippen molar-refractivity contribution in [2.45, 2.75) is 117 Å². The van der Waals surface area contributed by atoms with Crippen LogP contribution in [0.2, 0.25) is 0 Å². The molecule has 0 aliphatic heterocycles. The molecule has 0 radical (unpaired) electrons. The molecule has 4 aromatic rings. The van der Waals surface area contributed by atoms with Crippen LogP contribution in [0.5, 0.6) is 5.75 Å². The molecule has 0 saturated carbocycles. The van der Waals surface area contributed by atoms with E-state index in [9.17, 15) is 14.7 Å². The largest absolute Gasteiger partial charge is 0.494 e. The fourth-order valence-electron chi connectivity index (χ4n) is 5.37. The van der Waals surface area contributed by atoms with Gasteiger partial charge in [0, 0.05) is 34.4 Å². The molecule has 264 valence electrons. The topological polar surface area (TPSA) is 101 Å². The number of unbranched alkanes of at least 4 members (excludes halogenated alkanes) is 7. The van der Waals surface area contributed by atoms with Crippen LogP contribution in [-0.4, -0.2) is 39.6 Å². The Bertz CT molecular complexity index is 1540. The average molecular weight is 686 g/mol. The number of benzene rings is 2. The second-order valence-electron chi connectivity index (χ2n) is 13.2. The summed E-state index contributed by atoms with van der Waals surface area (Å²) in [6.07, 6.45) is 14.1. The van der Waals surface area contributed by atoms with E-state index in [1.807, 2.05) is 80.8 Å². The van der Waals surface area contributed by atoms with Crippen molar-refractivity contribution in [1.29, 1.82) is 0 Å². The lowest BCUT2D eigenvalue weighted by Gasteiger charge is -2.17. The molecule has 2 aromatic carbocycles. The van der Waals surface area contributed by atoms with E-state index in [1.165, 1.54) is 56.3 Å². The van der Waals surface area contributed by atoms with E-state index < -0.39 is 12.0 Å². The van der Waals surface area contributed by atoms with Gasteiger partial charge in [0.25, 0.3) is 5.91 Å². The molecule has 2 heterocycles.